The maximum Gasteiger partial charge on any atom is 0.419 e. The second-order valence-electron chi connectivity index (χ2n) is 3.78. The van der Waals surface area contributed by atoms with Gasteiger partial charge in [0.25, 0.3) is 0 Å². The largest absolute Gasteiger partial charge is 0.478 e. The predicted molar refractivity (Wildman–Crippen MR) is 62.7 cm³/mol. The van der Waals surface area contributed by atoms with E-state index in [9.17, 15) is 9.59 Å². The van der Waals surface area contributed by atoms with Crippen molar-refractivity contribution in [1.29, 1.82) is 0 Å². The molecule has 0 spiro atoms. The molecular formula is C12H11NO4. The number of carbonyl (C=O) groups is 1. The number of aryl methyl sites for hydroxylation is 1. The first-order valence-electron chi connectivity index (χ1n) is 5.00. The lowest BCUT2D eigenvalue weighted by Gasteiger charge is -2.00. The van der Waals surface area contributed by atoms with Crippen LogP contribution in [0.5, 0.6) is 0 Å². The van der Waals surface area contributed by atoms with Gasteiger partial charge in [-0.05, 0) is 30.2 Å². The highest BCUT2D eigenvalue weighted by Gasteiger charge is 2.07. The van der Waals surface area contributed by atoms with Crippen molar-refractivity contribution in [3.8, 4) is 0 Å². The Morgan fingerprint density at radius 3 is 2.82 bits per heavy atom. The number of aromatic nitrogens is 1. The molecule has 0 aliphatic rings. The maximum absolute atomic E-state index is 11.3. The van der Waals surface area contributed by atoms with Crippen LogP contribution < -0.4 is 5.76 Å². The number of aliphatic carboxylic acids is 1. The predicted octanol–water partition coefficient (Wildman–Crippen LogP) is 1.62. The summed E-state index contributed by atoms with van der Waals surface area (Å²) >= 11 is 0. The Hall–Kier alpha value is -2.30. The smallest absolute Gasteiger partial charge is 0.419 e. The summed E-state index contributed by atoms with van der Waals surface area (Å²) in [6.45, 7) is 1.69. The average Bonchev–Trinajstić information content (AvgIpc) is 2.53. The zero-order chi connectivity index (χ0) is 12.6. The third-order valence-corrected chi connectivity index (χ3v) is 2.59. The molecule has 0 bridgehead atoms. The van der Waals surface area contributed by atoms with Crippen LogP contribution in [0.15, 0.2) is 33.5 Å². The van der Waals surface area contributed by atoms with E-state index in [2.05, 4.69) is 0 Å². The summed E-state index contributed by atoms with van der Waals surface area (Å²) in [5, 5.41) is 8.65. The molecule has 0 unspecified atom stereocenters. The van der Waals surface area contributed by atoms with Crippen molar-refractivity contribution in [3.63, 3.8) is 0 Å². The second-order valence-corrected chi connectivity index (χ2v) is 3.78. The number of rotatable bonds is 2. The van der Waals surface area contributed by atoms with Gasteiger partial charge in [0.05, 0.1) is 5.52 Å². The van der Waals surface area contributed by atoms with Crippen molar-refractivity contribution < 1.29 is 14.3 Å². The van der Waals surface area contributed by atoms with E-state index in [4.69, 9.17) is 9.52 Å². The Morgan fingerprint density at radius 2 is 2.18 bits per heavy atom. The molecule has 17 heavy (non-hydrogen) atoms. The molecule has 0 aliphatic carbocycles. The van der Waals surface area contributed by atoms with Gasteiger partial charge in [0, 0.05) is 13.1 Å². The highest BCUT2D eigenvalue weighted by Crippen LogP contribution is 2.19. The summed E-state index contributed by atoms with van der Waals surface area (Å²) in [5.41, 5.74) is 2.45. The SMILES string of the molecule is C/C(=C\C(=O)O)c1ccc2c(c1)oc(=O)n2C. The molecule has 2 rings (SSSR count). The average molecular weight is 233 g/mol. The van der Waals surface area contributed by atoms with Crippen LogP contribution in [0.2, 0.25) is 0 Å². The molecule has 0 atom stereocenters. The topological polar surface area (TPSA) is 72.4 Å². The van der Waals surface area contributed by atoms with Gasteiger partial charge in [-0.25, -0.2) is 9.59 Å². The quantitative estimate of drug-likeness (QED) is 0.800. The summed E-state index contributed by atoms with van der Waals surface area (Å²) in [5.74, 6) is -1.44. The molecule has 1 aromatic heterocycles. The molecule has 1 aromatic carbocycles. The molecule has 1 N–H and O–H groups in total. The van der Waals surface area contributed by atoms with Gasteiger partial charge in [-0.15, -0.1) is 0 Å². The van der Waals surface area contributed by atoms with E-state index in [-0.39, 0.29) is 0 Å². The Bertz CT molecular complexity index is 675. The molecule has 2 aromatic rings. The zero-order valence-electron chi connectivity index (χ0n) is 9.43. The van der Waals surface area contributed by atoms with Gasteiger partial charge in [-0.3, -0.25) is 4.57 Å². The van der Waals surface area contributed by atoms with Gasteiger partial charge in [0.1, 0.15) is 0 Å². The van der Waals surface area contributed by atoms with E-state index in [0.717, 1.165) is 6.08 Å². The fourth-order valence-electron chi connectivity index (χ4n) is 1.65. The fourth-order valence-corrected chi connectivity index (χ4v) is 1.65. The second kappa shape index (κ2) is 3.93. The van der Waals surface area contributed by atoms with Crippen LogP contribution in [0, 0.1) is 0 Å². The highest BCUT2D eigenvalue weighted by molar-refractivity contribution is 5.90. The molecule has 0 aliphatic heterocycles. The van der Waals surface area contributed by atoms with Crippen molar-refractivity contribution in [1.82, 2.24) is 4.57 Å². The third-order valence-electron chi connectivity index (χ3n) is 2.59. The van der Waals surface area contributed by atoms with Crippen molar-refractivity contribution >= 4 is 22.6 Å². The van der Waals surface area contributed by atoms with Crippen molar-refractivity contribution in [2.24, 2.45) is 7.05 Å². The summed E-state index contributed by atoms with van der Waals surface area (Å²) in [6.07, 6.45) is 1.11. The number of carboxylic acids is 1. The number of benzene rings is 1. The lowest BCUT2D eigenvalue weighted by atomic mass is 10.1. The van der Waals surface area contributed by atoms with Gasteiger partial charge < -0.3 is 9.52 Å². The number of carboxylic acid groups (broad SMARTS) is 1. The molecular weight excluding hydrogens is 222 g/mol. The summed E-state index contributed by atoms with van der Waals surface area (Å²) < 4.78 is 6.43. The molecule has 88 valence electrons. The Labute approximate surface area is 96.6 Å². The van der Waals surface area contributed by atoms with Gasteiger partial charge in [-0.2, -0.15) is 0 Å². The molecule has 0 fully saturated rings. The van der Waals surface area contributed by atoms with Crippen LogP contribution in [0.4, 0.5) is 0 Å². The first-order chi connectivity index (χ1) is 7.99. The Kier molecular flexibility index (Phi) is 2.59. The van der Waals surface area contributed by atoms with Crippen LogP contribution in [0.25, 0.3) is 16.7 Å². The zero-order valence-corrected chi connectivity index (χ0v) is 9.43. The minimum absolute atomic E-state index is 0.433. The molecule has 0 amide bonds. The van der Waals surface area contributed by atoms with Crippen molar-refractivity contribution in [2.45, 2.75) is 6.92 Å². The number of fused-ring (bicyclic) bond motifs is 1. The minimum atomic E-state index is -1.00. The van der Waals surface area contributed by atoms with Crippen LogP contribution in [0.1, 0.15) is 12.5 Å². The van der Waals surface area contributed by atoms with Crippen LogP contribution >= 0.6 is 0 Å². The van der Waals surface area contributed by atoms with Crippen LogP contribution in [-0.2, 0) is 11.8 Å². The van der Waals surface area contributed by atoms with E-state index in [0.29, 0.717) is 22.2 Å². The van der Waals surface area contributed by atoms with E-state index in [1.807, 2.05) is 0 Å². The summed E-state index contributed by atoms with van der Waals surface area (Å²) in [4.78, 5) is 21.8. The lowest BCUT2D eigenvalue weighted by Crippen LogP contribution is -2.08. The van der Waals surface area contributed by atoms with E-state index in [1.54, 1.807) is 32.2 Å². The monoisotopic (exact) mass is 233 g/mol. The number of nitrogens with zero attached hydrogens (tertiary/aromatic N) is 1. The first kappa shape index (κ1) is 11.2. The molecule has 0 radical (unpaired) electrons. The highest BCUT2D eigenvalue weighted by atomic mass is 16.4. The van der Waals surface area contributed by atoms with Crippen LogP contribution in [-0.4, -0.2) is 15.6 Å². The van der Waals surface area contributed by atoms with Crippen molar-refractivity contribution in [2.75, 3.05) is 0 Å². The van der Waals surface area contributed by atoms with Gasteiger partial charge in [0.15, 0.2) is 5.58 Å². The van der Waals surface area contributed by atoms with E-state index >= 15 is 0 Å². The molecule has 0 saturated heterocycles. The number of hydrogen-bond acceptors (Lipinski definition) is 3. The Balaban J connectivity index is 2.59. The minimum Gasteiger partial charge on any atom is -0.478 e. The first-order valence-corrected chi connectivity index (χ1v) is 5.00. The number of oxazole rings is 1. The Morgan fingerprint density at radius 1 is 1.47 bits per heavy atom. The standard InChI is InChI=1S/C12H11NO4/c1-7(5-11(14)15)8-3-4-9-10(6-8)17-12(16)13(9)2/h3-6H,1-2H3,(H,14,15)/b7-5+. The number of allylic oxidation sites excluding steroid dienone is 1. The molecule has 5 heteroatoms. The normalized spacial score (nSPS) is 12.0. The van der Waals surface area contributed by atoms with Gasteiger partial charge >= 0.3 is 11.7 Å². The van der Waals surface area contributed by atoms with Crippen LogP contribution in [0.3, 0.4) is 0 Å². The number of hydrogen-bond donors (Lipinski definition) is 1. The van der Waals surface area contributed by atoms with E-state index in [1.165, 1.54) is 4.57 Å². The fraction of sp³-hybridized carbons (Fsp3) is 0.167. The molecule has 1 heterocycles. The summed E-state index contributed by atoms with van der Waals surface area (Å²) in [7, 11) is 1.62. The van der Waals surface area contributed by atoms with Gasteiger partial charge in [0.2, 0.25) is 0 Å². The maximum atomic E-state index is 11.3. The molecule has 0 saturated carbocycles. The summed E-state index contributed by atoms with van der Waals surface area (Å²) in [6, 6.07) is 5.15. The van der Waals surface area contributed by atoms with E-state index < -0.39 is 11.7 Å². The molecule has 5 nitrogen and oxygen atoms in total. The third kappa shape index (κ3) is 1.99. The lowest BCUT2D eigenvalue weighted by molar-refractivity contribution is -0.131. The van der Waals surface area contributed by atoms with Gasteiger partial charge in [-0.1, -0.05) is 6.07 Å². The van der Waals surface area contributed by atoms with Crippen molar-refractivity contribution in [3.05, 3.63) is 40.4 Å².